The molecule has 0 aromatic heterocycles. The van der Waals surface area contributed by atoms with Crippen LogP contribution in [0.5, 0.6) is 0 Å². The van der Waals surface area contributed by atoms with E-state index < -0.39 is 0 Å². The topological polar surface area (TPSA) is 15.3 Å². The largest absolute Gasteiger partial charge is 0.309 e. The molecule has 1 aliphatic rings. The highest BCUT2D eigenvalue weighted by Crippen LogP contribution is 2.21. The Morgan fingerprint density at radius 2 is 2.14 bits per heavy atom. The van der Waals surface area contributed by atoms with Crippen LogP contribution in [0.1, 0.15) is 33.6 Å². The van der Waals surface area contributed by atoms with E-state index in [1.807, 2.05) is 6.08 Å². The summed E-state index contributed by atoms with van der Waals surface area (Å²) in [7, 11) is 0. The number of hydrogen-bond acceptors (Lipinski definition) is 2. The standard InChI is InChI=1S/C12H24N2/c1-5-11(4)14-9-8-13-12(6-2,7-3)10-14/h5,11,13H,1,6-10H2,2-4H3. The van der Waals surface area contributed by atoms with Crippen LogP contribution in [-0.4, -0.2) is 36.1 Å². The SMILES string of the molecule is C=CC(C)N1CCNC(CC)(CC)C1. The summed E-state index contributed by atoms with van der Waals surface area (Å²) in [6, 6.07) is 0.509. The third kappa shape index (κ3) is 2.37. The fourth-order valence-electron chi connectivity index (χ4n) is 2.21. The second kappa shape index (κ2) is 4.94. The lowest BCUT2D eigenvalue weighted by molar-refractivity contribution is 0.108. The summed E-state index contributed by atoms with van der Waals surface area (Å²) in [4.78, 5) is 2.52. The van der Waals surface area contributed by atoms with Gasteiger partial charge in [0.15, 0.2) is 0 Å². The average molecular weight is 196 g/mol. The predicted molar refractivity (Wildman–Crippen MR) is 62.5 cm³/mol. The Kier molecular flexibility index (Phi) is 4.14. The number of rotatable bonds is 4. The van der Waals surface area contributed by atoms with Crippen LogP contribution in [0.2, 0.25) is 0 Å². The molecule has 0 aromatic rings. The van der Waals surface area contributed by atoms with Crippen molar-refractivity contribution in [2.45, 2.75) is 45.2 Å². The highest BCUT2D eigenvalue weighted by Gasteiger charge is 2.32. The molecule has 2 heteroatoms. The quantitative estimate of drug-likeness (QED) is 0.692. The summed E-state index contributed by atoms with van der Waals surface area (Å²) in [6.45, 7) is 14.1. The minimum atomic E-state index is 0.343. The highest BCUT2D eigenvalue weighted by molar-refractivity contribution is 4.96. The molecule has 0 radical (unpaired) electrons. The van der Waals surface area contributed by atoms with Crippen molar-refractivity contribution < 1.29 is 0 Å². The number of nitrogens with zero attached hydrogens (tertiary/aromatic N) is 1. The lowest BCUT2D eigenvalue weighted by Gasteiger charge is -2.44. The zero-order valence-corrected chi connectivity index (χ0v) is 9.84. The van der Waals surface area contributed by atoms with Crippen LogP contribution in [0.25, 0.3) is 0 Å². The fraction of sp³-hybridized carbons (Fsp3) is 0.833. The van der Waals surface area contributed by atoms with E-state index in [-0.39, 0.29) is 0 Å². The average Bonchev–Trinajstić information content (AvgIpc) is 2.28. The van der Waals surface area contributed by atoms with Crippen molar-refractivity contribution in [1.82, 2.24) is 10.2 Å². The van der Waals surface area contributed by atoms with Crippen molar-refractivity contribution in [3.8, 4) is 0 Å². The van der Waals surface area contributed by atoms with Gasteiger partial charge < -0.3 is 5.32 Å². The first-order chi connectivity index (χ1) is 6.67. The van der Waals surface area contributed by atoms with Crippen LogP contribution in [0, 0.1) is 0 Å². The van der Waals surface area contributed by atoms with Crippen LogP contribution < -0.4 is 5.32 Å². The molecular formula is C12H24N2. The molecule has 1 fully saturated rings. The van der Waals surface area contributed by atoms with Gasteiger partial charge in [-0.15, -0.1) is 6.58 Å². The van der Waals surface area contributed by atoms with E-state index in [1.54, 1.807) is 0 Å². The molecule has 0 saturated carbocycles. The van der Waals surface area contributed by atoms with Crippen LogP contribution in [-0.2, 0) is 0 Å². The molecular weight excluding hydrogens is 172 g/mol. The van der Waals surface area contributed by atoms with Gasteiger partial charge in [0.2, 0.25) is 0 Å². The number of nitrogens with one attached hydrogen (secondary N) is 1. The summed E-state index contributed by atoms with van der Waals surface area (Å²) in [5.74, 6) is 0. The van der Waals surface area contributed by atoms with E-state index in [4.69, 9.17) is 0 Å². The van der Waals surface area contributed by atoms with Gasteiger partial charge in [-0.25, -0.2) is 0 Å². The van der Waals surface area contributed by atoms with Crippen LogP contribution >= 0.6 is 0 Å². The van der Waals surface area contributed by atoms with Gasteiger partial charge in [-0.2, -0.15) is 0 Å². The molecule has 0 aromatic carbocycles. The molecule has 0 amide bonds. The summed E-state index contributed by atoms with van der Waals surface area (Å²) >= 11 is 0. The molecule has 0 bridgehead atoms. The monoisotopic (exact) mass is 196 g/mol. The van der Waals surface area contributed by atoms with E-state index in [0.717, 1.165) is 19.6 Å². The normalized spacial score (nSPS) is 24.5. The van der Waals surface area contributed by atoms with Gasteiger partial charge in [0.1, 0.15) is 0 Å². The van der Waals surface area contributed by atoms with Crippen molar-refractivity contribution in [2.24, 2.45) is 0 Å². The van der Waals surface area contributed by atoms with Crippen molar-refractivity contribution in [1.29, 1.82) is 0 Å². The molecule has 1 rings (SSSR count). The van der Waals surface area contributed by atoms with Crippen molar-refractivity contribution in [3.05, 3.63) is 12.7 Å². The lowest BCUT2D eigenvalue weighted by Crippen LogP contribution is -2.61. The Morgan fingerprint density at radius 3 is 2.64 bits per heavy atom. The molecule has 1 unspecified atom stereocenters. The second-order valence-corrected chi connectivity index (χ2v) is 4.36. The fourth-order valence-corrected chi connectivity index (χ4v) is 2.21. The van der Waals surface area contributed by atoms with Gasteiger partial charge in [0.05, 0.1) is 0 Å². The Bertz CT molecular complexity index is 185. The first-order valence-electron chi connectivity index (χ1n) is 5.79. The summed E-state index contributed by atoms with van der Waals surface area (Å²) < 4.78 is 0. The van der Waals surface area contributed by atoms with E-state index in [9.17, 15) is 0 Å². The zero-order chi connectivity index (χ0) is 10.6. The third-order valence-electron chi connectivity index (χ3n) is 3.68. The van der Waals surface area contributed by atoms with Gasteiger partial charge in [0.25, 0.3) is 0 Å². The van der Waals surface area contributed by atoms with Crippen molar-refractivity contribution in [3.63, 3.8) is 0 Å². The predicted octanol–water partition coefficient (Wildman–Crippen LogP) is 2.02. The molecule has 0 spiro atoms. The maximum Gasteiger partial charge on any atom is 0.0304 e. The van der Waals surface area contributed by atoms with Crippen LogP contribution in [0.3, 0.4) is 0 Å². The second-order valence-electron chi connectivity index (χ2n) is 4.36. The van der Waals surface area contributed by atoms with Crippen molar-refractivity contribution >= 4 is 0 Å². The molecule has 1 N–H and O–H groups in total. The van der Waals surface area contributed by atoms with Gasteiger partial charge in [-0.1, -0.05) is 19.9 Å². The van der Waals surface area contributed by atoms with E-state index in [1.165, 1.54) is 12.8 Å². The third-order valence-corrected chi connectivity index (χ3v) is 3.68. The first kappa shape index (κ1) is 11.7. The Labute approximate surface area is 88.4 Å². The lowest BCUT2D eigenvalue weighted by atomic mass is 9.89. The summed E-state index contributed by atoms with van der Waals surface area (Å²) in [6.07, 6.45) is 4.47. The molecule has 1 aliphatic heterocycles. The van der Waals surface area contributed by atoms with Crippen LogP contribution in [0.4, 0.5) is 0 Å². The summed E-state index contributed by atoms with van der Waals surface area (Å²) in [5, 5.41) is 3.66. The zero-order valence-electron chi connectivity index (χ0n) is 9.84. The molecule has 1 heterocycles. The molecule has 82 valence electrons. The van der Waals surface area contributed by atoms with Gasteiger partial charge in [-0.05, 0) is 19.8 Å². The Morgan fingerprint density at radius 1 is 1.50 bits per heavy atom. The maximum atomic E-state index is 3.87. The maximum absolute atomic E-state index is 3.87. The molecule has 1 saturated heterocycles. The first-order valence-corrected chi connectivity index (χ1v) is 5.79. The Balaban J connectivity index is 2.62. The van der Waals surface area contributed by atoms with E-state index in [0.29, 0.717) is 11.6 Å². The smallest absolute Gasteiger partial charge is 0.0304 e. The number of piperazine rings is 1. The van der Waals surface area contributed by atoms with Gasteiger partial charge in [0, 0.05) is 31.2 Å². The van der Waals surface area contributed by atoms with Crippen molar-refractivity contribution in [2.75, 3.05) is 19.6 Å². The molecule has 14 heavy (non-hydrogen) atoms. The Hall–Kier alpha value is -0.340. The highest BCUT2D eigenvalue weighted by atomic mass is 15.2. The van der Waals surface area contributed by atoms with Gasteiger partial charge >= 0.3 is 0 Å². The number of hydrogen-bond donors (Lipinski definition) is 1. The van der Waals surface area contributed by atoms with E-state index in [2.05, 4.69) is 37.6 Å². The van der Waals surface area contributed by atoms with E-state index >= 15 is 0 Å². The van der Waals surface area contributed by atoms with Crippen LogP contribution in [0.15, 0.2) is 12.7 Å². The van der Waals surface area contributed by atoms with Gasteiger partial charge in [-0.3, -0.25) is 4.90 Å². The molecule has 1 atom stereocenters. The molecule has 0 aliphatic carbocycles. The molecule has 2 nitrogen and oxygen atoms in total. The minimum absolute atomic E-state index is 0.343. The minimum Gasteiger partial charge on any atom is -0.309 e. The summed E-state index contributed by atoms with van der Waals surface area (Å²) in [5.41, 5.74) is 0.343.